The fourth-order valence-corrected chi connectivity index (χ4v) is 2.42. The highest BCUT2D eigenvalue weighted by Crippen LogP contribution is 2.20. The number of ether oxygens (including phenoxy) is 2. The van der Waals surface area contributed by atoms with E-state index in [-0.39, 0.29) is 6.10 Å². The second-order valence-corrected chi connectivity index (χ2v) is 4.85. The molecule has 0 aromatic carbocycles. The zero-order valence-electron chi connectivity index (χ0n) is 10.1. The monoisotopic (exact) mass is 243 g/mol. The van der Waals surface area contributed by atoms with E-state index < -0.39 is 12.1 Å². The first-order valence-corrected chi connectivity index (χ1v) is 6.45. The number of nitrogens with one attached hydrogen (secondary N) is 1. The van der Waals surface area contributed by atoms with Crippen molar-refractivity contribution in [2.45, 2.75) is 50.4 Å². The number of carboxylic acids is 1. The lowest BCUT2D eigenvalue weighted by Gasteiger charge is -2.23. The highest BCUT2D eigenvalue weighted by molar-refractivity contribution is 5.72. The lowest BCUT2D eigenvalue weighted by molar-refractivity contribution is -0.150. The fraction of sp³-hybridized carbons (Fsp3) is 0.917. The van der Waals surface area contributed by atoms with Crippen LogP contribution >= 0.6 is 0 Å². The summed E-state index contributed by atoms with van der Waals surface area (Å²) in [5.41, 5.74) is 0. The zero-order chi connectivity index (χ0) is 12.1. The van der Waals surface area contributed by atoms with Gasteiger partial charge in [0.25, 0.3) is 0 Å². The van der Waals surface area contributed by atoms with Gasteiger partial charge in [0, 0.05) is 6.04 Å². The molecule has 0 saturated carbocycles. The molecule has 2 aliphatic heterocycles. The lowest BCUT2D eigenvalue weighted by atomic mass is 10.1. The van der Waals surface area contributed by atoms with Crippen molar-refractivity contribution in [3.05, 3.63) is 0 Å². The molecular formula is C12H21NO4. The molecule has 2 aliphatic rings. The quantitative estimate of drug-likeness (QED) is 0.746. The van der Waals surface area contributed by atoms with E-state index in [1.165, 1.54) is 19.3 Å². The number of hydrogen-bond acceptors (Lipinski definition) is 4. The van der Waals surface area contributed by atoms with Crippen molar-refractivity contribution >= 4 is 5.97 Å². The maximum absolute atomic E-state index is 10.7. The van der Waals surface area contributed by atoms with Crippen LogP contribution < -0.4 is 5.32 Å². The Labute approximate surface area is 101 Å². The summed E-state index contributed by atoms with van der Waals surface area (Å²) in [4.78, 5) is 10.7. The second-order valence-electron chi connectivity index (χ2n) is 4.85. The average Bonchev–Trinajstić information content (AvgIpc) is 2.79. The molecule has 2 saturated heterocycles. The Morgan fingerprint density at radius 1 is 1.29 bits per heavy atom. The second kappa shape index (κ2) is 6.33. The third kappa shape index (κ3) is 3.94. The van der Waals surface area contributed by atoms with E-state index in [1.807, 2.05) is 0 Å². The van der Waals surface area contributed by atoms with E-state index in [0.29, 0.717) is 25.7 Å². The van der Waals surface area contributed by atoms with Crippen LogP contribution in [0.2, 0.25) is 0 Å². The summed E-state index contributed by atoms with van der Waals surface area (Å²) in [5, 5.41) is 12.2. The summed E-state index contributed by atoms with van der Waals surface area (Å²) in [6.07, 6.45) is 4.41. The van der Waals surface area contributed by atoms with Gasteiger partial charge >= 0.3 is 5.97 Å². The Hall–Kier alpha value is -0.650. The van der Waals surface area contributed by atoms with Crippen LogP contribution in [0.15, 0.2) is 0 Å². The Morgan fingerprint density at radius 2 is 2.18 bits per heavy atom. The van der Waals surface area contributed by atoms with Crippen LogP contribution in [0.3, 0.4) is 0 Å². The van der Waals surface area contributed by atoms with Crippen molar-refractivity contribution in [1.82, 2.24) is 5.32 Å². The minimum Gasteiger partial charge on any atom is -0.479 e. The molecule has 2 fully saturated rings. The molecule has 2 heterocycles. The van der Waals surface area contributed by atoms with Crippen molar-refractivity contribution in [1.29, 1.82) is 0 Å². The third-order valence-electron chi connectivity index (χ3n) is 3.42. The highest BCUT2D eigenvalue weighted by atomic mass is 16.6. The molecule has 0 amide bonds. The number of carbonyl (C=O) groups is 1. The lowest BCUT2D eigenvalue weighted by Crippen LogP contribution is -2.38. The number of rotatable bonds is 5. The van der Waals surface area contributed by atoms with Crippen LogP contribution in [0.5, 0.6) is 0 Å². The predicted octanol–water partition coefficient (Wildman–Crippen LogP) is 0.777. The van der Waals surface area contributed by atoms with E-state index in [0.717, 1.165) is 13.0 Å². The maximum Gasteiger partial charge on any atom is 0.332 e. The maximum atomic E-state index is 10.7. The van der Waals surface area contributed by atoms with Crippen LogP contribution in [0.4, 0.5) is 0 Å². The first-order valence-electron chi connectivity index (χ1n) is 6.45. The van der Waals surface area contributed by atoms with Crippen LogP contribution in [-0.2, 0) is 14.3 Å². The third-order valence-corrected chi connectivity index (χ3v) is 3.42. The molecule has 5 heteroatoms. The van der Waals surface area contributed by atoms with Gasteiger partial charge in [0.2, 0.25) is 0 Å². The van der Waals surface area contributed by atoms with Gasteiger partial charge in [-0.3, -0.25) is 0 Å². The first kappa shape index (κ1) is 12.8. The number of piperidine rings is 1. The molecule has 5 nitrogen and oxygen atoms in total. The van der Waals surface area contributed by atoms with Gasteiger partial charge in [-0.05, 0) is 32.2 Å². The molecule has 0 aromatic heterocycles. The van der Waals surface area contributed by atoms with Gasteiger partial charge in [0.05, 0.1) is 19.3 Å². The van der Waals surface area contributed by atoms with Gasteiger partial charge in [-0.1, -0.05) is 6.42 Å². The topological polar surface area (TPSA) is 67.8 Å². The van der Waals surface area contributed by atoms with Crippen molar-refractivity contribution in [2.24, 2.45) is 0 Å². The Morgan fingerprint density at radius 3 is 2.82 bits per heavy atom. The van der Waals surface area contributed by atoms with E-state index in [1.54, 1.807) is 0 Å². The summed E-state index contributed by atoms with van der Waals surface area (Å²) in [5.74, 6) is -0.860. The smallest absolute Gasteiger partial charge is 0.332 e. The Kier molecular flexibility index (Phi) is 4.76. The van der Waals surface area contributed by atoms with Gasteiger partial charge in [0.1, 0.15) is 0 Å². The van der Waals surface area contributed by atoms with Crippen molar-refractivity contribution in [2.75, 3.05) is 19.8 Å². The van der Waals surface area contributed by atoms with Gasteiger partial charge in [-0.15, -0.1) is 0 Å². The van der Waals surface area contributed by atoms with Crippen LogP contribution in [0.25, 0.3) is 0 Å². The van der Waals surface area contributed by atoms with Gasteiger partial charge in [-0.2, -0.15) is 0 Å². The normalized spacial score (nSPS) is 33.8. The summed E-state index contributed by atoms with van der Waals surface area (Å²) in [6, 6.07) is 0.459. The van der Waals surface area contributed by atoms with Gasteiger partial charge in [0.15, 0.2) is 6.10 Å². The fourth-order valence-electron chi connectivity index (χ4n) is 2.42. The van der Waals surface area contributed by atoms with Crippen LogP contribution in [-0.4, -0.2) is 49.1 Å². The van der Waals surface area contributed by atoms with Gasteiger partial charge < -0.3 is 19.9 Å². The summed E-state index contributed by atoms with van der Waals surface area (Å²) in [7, 11) is 0. The molecule has 17 heavy (non-hydrogen) atoms. The van der Waals surface area contributed by atoms with Gasteiger partial charge in [-0.25, -0.2) is 4.79 Å². The van der Waals surface area contributed by atoms with E-state index >= 15 is 0 Å². The molecule has 0 radical (unpaired) electrons. The van der Waals surface area contributed by atoms with Crippen molar-refractivity contribution in [3.8, 4) is 0 Å². The Balaban J connectivity index is 1.58. The predicted molar refractivity (Wildman–Crippen MR) is 62.0 cm³/mol. The number of aliphatic carboxylic acids is 1. The summed E-state index contributed by atoms with van der Waals surface area (Å²) in [6.45, 7) is 2.30. The van der Waals surface area contributed by atoms with E-state index in [2.05, 4.69) is 5.32 Å². The molecule has 3 atom stereocenters. The SMILES string of the molecule is O=C(O)C1CCC(COCC2CCCCN2)O1. The first-order chi connectivity index (χ1) is 8.25. The molecule has 2 rings (SSSR count). The minimum absolute atomic E-state index is 0.0420. The molecule has 0 bridgehead atoms. The van der Waals surface area contributed by atoms with Crippen LogP contribution in [0.1, 0.15) is 32.1 Å². The summed E-state index contributed by atoms with van der Waals surface area (Å²) >= 11 is 0. The molecule has 0 aromatic rings. The molecular weight excluding hydrogens is 222 g/mol. The largest absolute Gasteiger partial charge is 0.479 e. The Bertz CT molecular complexity index is 253. The molecule has 0 spiro atoms. The standard InChI is InChI=1S/C12H21NO4/c14-12(15)11-5-4-10(17-11)8-16-7-9-3-1-2-6-13-9/h9-11,13H,1-8H2,(H,14,15). The molecule has 3 unspecified atom stereocenters. The summed E-state index contributed by atoms with van der Waals surface area (Å²) < 4.78 is 11.0. The van der Waals surface area contributed by atoms with Crippen molar-refractivity contribution < 1.29 is 19.4 Å². The molecule has 98 valence electrons. The molecule has 2 N–H and O–H groups in total. The number of carboxylic acid groups (broad SMARTS) is 1. The van der Waals surface area contributed by atoms with Crippen molar-refractivity contribution in [3.63, 3.8) is 0 Å². The van der Waals surface area contributed by atoms with E-state index in [4.69, 9.17) is 14.6 Å². The average molecular weight is 243 g/mol. The molecule has 0 aliphatic carbocycles. The van der Waals surface area contributed by atoms with Crippen LogP contribution in [0, 0.1) is 0 Å². The minimum atomic E-state index is -0.860. The highest BCUT2D eigenvalue weighted by Gasteiger charge is 2.30. The van der Waals surface area contributed by atoms with E-state index in [9.17, 15) is 4.79 Å². The zero-order valence-corrected chi connectivity index (χ0v) is 10.1. The number of hydrogen-bond donors (Lipinski definition) is 2.